The predicted molar refractivity (Wildman–Crippen MR) is 143 cm³/mol. The van der Waals surface area contributed by atoms with Gasteiger partial charge in [-0.1, -0.05) is 49.7 Å². The van der Waals surface area contributed by atoms with Gasteiger partial charge < -0.3 is 5.32 Å². The van der Waals surface area contributed by atoms with Crippen molar-refractivity contribution in [3.05, 3.63) is 95.2 Å². The smallest absolute Gasteiger partial charge is 0.269 e. The van der Waals surface area contributed by atoms with Gasteiger partial charge in [-0.05, 0) is 54.9 Å². The van der Waals surface area contributed by atoms with E-state index in [1.54, 1.807) is 24.4 Å². The maximum atomic E-state index is 15.3. The van der Waals surface area contributed by atoms with Gasteiger partial charge in [0.2, 0.25) is 0 Å². The van der Waals surface area contributed by atoms with Gasteiger partial charge in [-0.3, -0.25) is 19.6 Å². The Bertz CT molecular complexity index is 1430. The molecule has 1 saturated carbocycles. The predicted octanol–water partition coefficient (Wildman–Crippen LogP) is 6.54. The van der Waals surface area contributed by atoms with E-state index < -0.39 is 5.82 Å². The number of hydrogen-bond donors (Lipinski definition) is 1. The molecule has 1 aliphatic carbocycles. The van der Waals surface area contributed by atoms with Crippen LogP contribution in [0.25, 0.3) is 22.0 Å². The number of ketones is 1. The van der Waals surface area contributed by atoms with Crippen molar-refractivity contribution in [2.75, 3.05) is 6.54 Å². The van der Waals surface area contributed by atoms with Crippen LogP contribution in [0.1, 0.15) is 71.0 Å². The molecule has 2 aromatic heterocycles. The molecule has 1 aliphatic rings. The zero-order valence-corrected chi connectivity index (χ0v) is 21.0. The summed E-state index contributed by atoms with van der Waals surface area (Å²) in [5.41, 5.74) is 4.27. The SMILES string of the molecule is CCCCNC(=O)c1ccc(-c2cc3c(Cc4ccccc4)c(C(=O)CC4CC4)cnc3cc2F)cn1. The van der Waals surface area contributed by atoms with Gasteiger partial charge in [0.15, 0.2) is 5.78 Å². The molecule has 0 aliphatic heterocycles. The highest BCUT2D eigenvalue weighted by atomic mass is 19.1. The fourth-order valence-corrected chi connectivity index (χ4v) is 4.57. The number of nitrogens with one attached hydrogen (secondary N) is 1. The van der Waals surface area contributed by atoms with E-state index in [0.717, 1.165) is 42.2 Å². The first-order chi connectivity index (χ1) is 18.0. The Balaban J connectivity index is 1.54. The van der Waals surface area contributed by atoms with Gasteiger partial charge in [0.1, 0.15) is 11.5 Å². The minimum Gasteiger partial charge on any atom is -0.351 e. The van der Waals surface area contributed by atoms with Crippen LogP contribution in [0.5, 0.6) is 0 Å². The first-order valence-corrected chi connectivity index (χ1v) is 13.0. The number of fused-ring (bicyclic) bond motifs is 1. The standard InChI is InChI=1S/C31H30FN3O2/c1-2-3-13-33-31(37)28-12-11-22(18-34-28)23-16-25-24(14-20-7-5-4-6-8-20)26(30(36)15-21-9-10-21)19-35-29(25)17-27(23)32/h4-8,11-12,16-19,21H,2-3,9-10,13-15H2,1H3,(H,33,37). The third-order valence-corrected chi connectivity index (χ3v) is 6.89. The molecule has 188 valence electrons. The molecule has 37 heavy (non-hydrogen) atoms. The quantitative estimate of drug-likeness (QED) is 0.200. The maximum absolute atomic E-state index is 15.3. The van der Waals surface area contributed by atoms with E-state index in [1.807, 2.05) is 30.3 Å². The summed E-state index contributed by atoms with van der Waals surface area (Å²) in [5, 5.41) is 3.60. The van der Waals surface area contributed by atoms with E-state index in [9.17, 15) is 9.59 Å². The van der Waals surface area contributed by atoms with Gasteiger partial charge >= 0.3 is 0 Å². The summed E-state index contributed by atoms with van der Waals surface area (Å²) in [7, 11) is 0. The van der Waals surface area contributed by atoms with Crippen molar-refractivity contribution in [3.8, 4) is 11.1 Å². The Kier molecular flexibility index (Phi) is 7.35. The van der Waals surface area contributed by atoms with E-state index in [1.165, 1.54) is 12.3 Å². The van der Waals surface area contributed by atoms with Crippen molar-refractivity contribution in [3.63, 3.8) is 0 Å². The topological polar surface area (TPSA) is 72.0 Å². The molecule has 4 aromatic rings. The molecule has 0 unspecified atom stereocenters. The van der Waals surface area contributed by atoms with Crippen molar-refractivity contribution in [2.24, 2.45) is 5.92 Å². The zero-order chi connectivity index (χ0) is 25.8. The second-order valence-electron chi connectivity index (χ2n) is 9.77. The van der Waals surface area contributed by atoms with E-state index in [-0.39, 0.29) is 11.7 Å². The van der Waals surface area contributed by atoms with Crippen molar-refractivity contribution in [2.45, 2.75) is 45.4 Å². The highest BCUT2D eigenvalue weighted by Crippen LogP contribution is 2.36. The van der Waals surface area contributed by atoms with Crippen LogP contribution >= 0.6 is 0 Å². The molecule has 1 fully saturated rings. The Morgan fingerprint density at radius 2 is 1.84 bits per heavy atom. The average Bonchev–Trinajstić information content (AvgIpc) is 3.73. The van der Waals surface area contributed by atoms with Crippen LogP contribution in [0.4, 0.5) is 4.39 Å². The lowest BCUT2D eigenvalue weighted by atomic mass is 9.91. The van der Waals surface area contributed by atoms with Gasteiger partial charge in [0, 0.05) is 53.5 Å². The van der Waals surface area contributed by atoms with Crippen molar-refractivity contribution in [1.29, 1.82) is 0 Å². The number of carbonyl (C=O) groups excluding carboxylic acids is 2. The van der Waals surface area contributed by atoms with E-state index in [2.05, 4.69) is 22.2 Å². The number of benzene rings is 2. The third-order valence-electron chi connectivity index (χ3n) is 6.89. The van der Waals surface area contributed by atoms with Crippen LogP contribution in [0.2, 0.25) is 0 Å². The van der Waals surface area contributed by atoms with E-state index in [4.69, 9.17) is 0 Å². The fraction of sp³-hybridized carbons (Fsp3) is 0.290. The van der Waals surface area contributed by atoms with Crippen molar-refractivity contribution >= 4 is 22.6 Å². The molecular weight excluding hydrogens is 465 g/mol. The normalized spacial score (nSPS) is 13.0. The van der Waals surface area contributed by atoms with Crippen LogP contribution < -0.4 is 5.32 Å². The number of hydrogen-bond acceptors (Lipinski definition) is 4. The monoisotopic (exact) mass is 495 g/mol. The van der Waals surface area contributed by atoms with Gasteiger partial charge in [0.25, 0.3) is 5.91 Å². The lowest BCUT2D eigenvalue weighted by Gasteiger charge is -2.14. The molecule has 0 spiro atoms. The van der Waals surface area contributed by atoms with Gasteiger partial charge in [-0.2, -0.15) is 0 Å². The lowest BCUT2D eigenvalue weighted by molar-refractivity contribution is 0.0946. The lowest BCUT2D eigenvalue weighted by Crippen LogP contribution is -2.25. The molecule has 5 nitrogen and oxygen atoms in total. The number of Topliss-reactive ketones (excluding diaryl/α,β-unsaturated/α-hetero) is 1. The second kappa shape index (κ2) is 11.0. The molecule has 6 heteroatoms. The number of amides is 1. The fourth-order valence-electron chi connectivity index (χ4n) is 4.57. The Hall–Kier alpha value is -3.93. The molecule has 0 saturated heterocycles. The number of pyridine rings is 2. The van der Waals surface area contributed by atoms with Crippen LogP contribution in [0.15, 0.2) is 67.0 Å². The number of halogens is 1. The first kappa shape index (κ1) is 24.8. The summed E-state index contributed by atoms with van der Waals surface area (Å²) in [6.07, 6.45) is 8.27. The minimum atomic E-state index is -0.426. The van der Waals surface area contributed by atoms with E-state index in [0.29, 0.717) is 53.2 Å². The number of carbonyl (C=O) groups is 2. The van der Waals surface area contributed by atoms with E-state index >= 15 is 4.39 Å². The number of nitrogens with zero attached hydrogens (tertiary/aromatic N) is 2. The van der Waals surface area contributed by atoms with Crippen molar-refractivity contribution < 1.29 is 14.0 Å². The average molecular weight is 496 g/mol. The van der Waals surface area contributed by atoms with Crippen LogP contribution in [-0.2, 0) is 6.42 Å². The highest BCUT2D eigenvalue weighted by Gasteiger charge is 2.27. The summed E-state index contributed by atoms with van der Waals surface area (Å²) in [6, 6.07) is 16.5. The first-order valence-electron chi connectivity index (χ1n) is 13.0. The van der Waals surface area contributed by atoms with Crippen molar-refractivity contribution in [1.82, 2.24) is 15.3 Å². The largest absolute Gasteiger partial charge is 0.351 e. The van der Waals surface area contributed by atoms with Crippen LogP contribution in [0.3, 0.4) is 0 Å². The van der Waals surface area contributed by atoms with Gasteiger partial charge in [-0.15, -0.1) is 0 Å². The highest BCUT2D eigenvalue weighted by molar-refractivity contribution is 6.02. The third kappa shape index (κ3) is 5.74. The zero-order valence-electron chi connectivity index (χ0n) is 21.0. The Morgan fingerprint density at radius 3 is 2.54 bits per heavy atom. The maximum Gasteiger partial charge on any atom is 0.269 e. The van der Waals surface area contributed by atoms with Gasteiger partial charge in [-0.25, -0.2) is 4.39 Å². The molecule has 5 rings (SSSR count). The molecule has 0 radical (unpaired) electrons. The number of rotatable bonds is 10. The number of aromatic nitrogens is 2. The molecule has 2 aromatic carbocycles. The van der Waals surface area contributed by atoms with Crippen LogP contribution in [0, 0.1) is 11.7 Å². The molecule has 0 atom stereocenters. The molecule has 2 heterocycles. The summed E-state index contributed by atoms with van der Waals surface area (Å²) in [5.74, 6) is -0.120. The summed E-state index contributed by atoms with van der Waals surface area (Å²) in [6.45, 7) is 2.65. The molecular formula is C31H30FN3O2. The Morgan fingerprint density at radius 1 is 1.03 bits per heavy atom. The minimum absolute atomic E-state index is 0.0915. The summed E-state index contributed by atoms with van der Waals surface area (Å²) >= 11 is 0. The number of unbranched alkanes of at least 4 members (excludes halogenated alkanes) is 1. The molecule has 1 N–H and O–H groups in total. The summed E-state index contributed by atoms with van der Waals surface area (Å²) in [4.78, 5) is 34.3. The molecule has 0 bridgehead atoms. The summed E-state index contributed by atoms with van der Waals surface area (Å²) < 4.78 is 15.3. The van der Waals surface area contributed by atoms with Crippen LogP contribution in [-0.4, -0.2) is 28.2 Å². The second-order valence-corrected chi connectivity index (χ2v) is 9.77. The van der Waals surface area contributed by atoms with Gasteiger partial charge in [0.05, 0.1) is 5.52 Å². The Labute approximate surface area is 216 Å². The molecule has 1 amide bonds.